The molecule has 0 aliphatic rings. The average molecular weight is 286 g/mol. The van der Waals surface area contributed by atoms with Crippen molar-refractivity contribution in [3.05, 3.63) is 57.4 Å². The number of benzene rings is 2. The Kier molecular flexibility index (Phi) is 2.76. The van der Waals surface area contributed by atoms with Crippen molar-refractivity contribution in [3.63, 3.8) is 0 Å². The van der Waals surface area contributed by atoms with Gasteiger partial charge in [0.2, 0.25) is 0 Å². The lowest BCUT2D eigenvalue weighted by Crippen LogP contribution is -1.99. The second kappa shape index (κ2) is 4.87. The van der Waals surface area contributed by atoms with Crippen LogP contribution in [0.4, 0.5) is 0 Å². The van der Waals surface area contributed by atoms with Crippen molar-refractivity contribution in [2.75, 3.05) is 0 Å². The summed E-state index contributed by atoms with van der Waals surface area (Å²) in [7, 11) is 0. The normalized spacial score (nSPS) is 11.3. The summed E-state index contributed by atoms with van der Waals surface area (Å²) >= 11 is 6.26. The number of rotatable bonds is 2. The van der Waals surface area contributed by atoms with Crippen LogP contribution in [0.5, 0.6) is 0 Å². The molecule has 0 aliphatic heterocycles. The van der Waals surface area contributed by atoms with Gasteiger partial charge in [-0.15, -0.1) is 0 Å². The number of fused-ring (bicyclic) bond motifs is 1. The number of H-pyrrole nitrogens is 2. The van der Waals surface area contributed by atoms with E-state index in [1.807, 2.05) is 6.07 Å². The van der Waals surface area contributed by atoms with E-state index in [4.69, 9.17) is 18.2 Å². The molecule has 0 spiro atoms. The maximum atomic E-state index is 11.3. The highest BCUT2D eigenvalue weighted by atomic mass is 35.5. The first-order valence-corrected chi connectivity index (χ1v) is 6.35. The Hall–Kier alpha value is -2.51. The van der Waals surface area contributed by atoms with E-state index in [0.29, 0.717) is 27.2 Å². The minimum atomic E-state index is -0.321. The molecular weight excluding hydrogens is 274 g/mol. The maximum Gasteiger partial charge on any atom is 0.323 e. The molecule has 0 unspecified atom stereocenters. The SMILES string of the molecule is [3H]c1cc2[nH]c(=O)[nH]c2cc1-c1c(Cl)cccc1CC#N. The number of nitriles is 1. The van der Waals surface area contributed by atoms with E-state index in [0.717, 1.165) is 5.56 Å². The molecule has 0 bridgehead atoms. The Bertz CT molecular complexity index is 936. The summed E-state index contributed by atoms with van der Waals surface area (Å²) in [4.78, 5) is 16.6. The summed E-state index contributed by atoms with van der Waals surface area (Å²) in [6, 6.07) is 10.9. The molecule has 0 fully saturated rings. The van der Waals surface area contributed by atoms with Gasteiger partial charge in [0.15, 0.2) is 0 Å². The van der Waals surface area contributed by atoms with Crippen molar-refractivity contribution in [2.45, 2.75) is 6.42 Å². The van der Waals surface area contributed by atoms with Gasteiger partial charge in [0.25, 0.3) is 0 Å². The van der Waals surface area contributed by atoms with Crippen molar-refractivity contribution in [3.8, 4) is 17.2 Å². The minimum Gasteiger partial charge on any atom is -0.306 e. The Morgan fingerprint density at radius 2 is 2.10 bits per heavy atom. The van der Waals surface area contributed by atoms with Crippen LogP contribution >= 0.6 is 11.6 Å². The van der Waals surface area contributed by atoms with Gasteiger partial charge in [-0.2, -0.15) is 5.26 Å². The van der Waals surface area contributed by atoms with Crippen LogP contribution in [0, 0.1) is 11.3 Å². The molecule has 2 aromatic carbocycles. The predicted octanol–water partition coefficient (Wildman–Crippen LogP) is 3.24. The molecule has 5 heteroatoms. The third-order valence-corrected chi connectivity index (χ3v) is 3.40. The van der Waals surface area contributed by atoms with E-state index in [1.54, 1.807) is 24.3 Å². The molecule has 4 nitrogen and oxygen atoms in total. The molecule has 0 saturated carbocycles. The van der Waals surface area contributed by atoms with Crippen molar-refractivity contribution in [2.24, 2.45) is 0 Å². The number of aromatic nitrogens is 2. The highest BCUT2D eigenvalue weighted by Crippen LogP contribution is 2.32. The quantitative estimate of drug-likeness (QED) is 0.758. The monoisotopic (exact) mass is 285 g/mol. The molecule has 1 heterocycles. The lowest BCUT2D eigenvalue weighted by Gasteiger charge is -2.09. The number of aromatic amines is 2. The predicted molar refractivity (Wildman–Crippen MR) is 78.7 cm³/mol. The van der Waals surface area contributed by atoms with Gasteiger partial charge in [0.1, 0.15) is 0 Å². The fourth-order valence-corrected chi connectivity index (χ4v) is 2.52. The lowest BCUT2D eigenvalue weighted by molar-refractivity contribution is 1.21. The molecule has 98 valence electrons. The highest BCUT2D eigenvalue weighted by molar-refractivity contribution is 6.33. The summed E-state index contributed by atoms with van der Waals surface area (Å²) < 4.78 is 8.15. The third-order valence-electron chi connectivity index (χ3n) is 3.09. The van der Waals surface area contributed by atoms with E-state index in [1.165, 1.54) is 0 Å². The molecular formula is C15H10ClN3O. The zero-order valence-electron chi connectivity index (χ0n) is 11.3. The molecule has 0 saturated heterocycles. The van der Waals surface area contributed by atoms with Crippen molar-refractivity contribution in [1.82, 2.24) is 9.97 Å². The molecule has 0 aliphatic carbocycles. The Morgan fingerprint density at radius 3 is 2.90 bits per heavy atom. The first-order valence-electron chi connectivity index (χ1n) is 6.47. The Morgan fingerprint density at radius 1 is 1.30 bits per heavy atom. The van der Waals surface area contributed by atoms with Gasteiger partial charge in [-0.3, -0.25) is 0 Å². The fraction of sp³-hybridized carbons (Fsp3) is 0.0667. The summed E-state index contributed by atoms with van der Waals surface area (Å²) in [6.45, 7) is 0. The minimum absolute atomic E-state index is 0.205. The van der Waals surface area contributed by atoms with Gasteiger partial charge < -0.3 is 9.97 Å². The van der Waals surface area contributed by atoms with E-state index in [9.17, 15) is 4.79 Å². The molecule has 3 rings (SSSR count). The smallest absolute Gasteiger partial charge is 0.306 e. The van der Waals surface area contributed by atoms with Crippen LogP contribution in [0.1, 0.15) is 6.93 Å². The molecule has 0 amide bonds. The second-order valence-corrected chi connectivity index (χ2v) is 4.77. The van der Waals surface area contributed by atoms with Crippen LogP contribution in [0.3, 0.4) is 0 Å². The maximum absolute atomic E-state index is 11.3. The van der Waals surface area contributed by atoms with Gasteiger partial charge in [0, 0.05) is 10.6 Å². The van der Waals surface area contributed by atoms with Crippen LogP contribution in [-0.4, -0.2) is 9.97 Å². The van der Waals surface area contributed by atoms with Gasteiger partial charge >= 0.3 is 5.69 Å². The zero-order valence-corrected chi connectivity index (χ0v) is 11.1. The number of hydrogen-bond acceptors (Lipinski definition) is 2. The first-order chi connectivity index (χ1) is 10.1. The molecule has 0 radical (unpaired) electrons. The van der Waals surface area contributed by atoms with Crippen molar-refractivity contribution >= 4 is 22.6 Å². The molecule has 0 atom stereocenters. The number of nitrogens with one attached hydrogen (secondary N) is 2. The van der Waals surface area contributed by atoms with Gasteiger partial charge in [0.05, 0.1) is 24.9 Å². The number of halogens is 1. The van der Waals surface area contributed by atoms with Crippen LogP contribution < -0.4 is 5.69 Å². The number of hydrogen-bond donors (Lipinski definition) is 2. The number of imidazole rings is 1. The summed E-state index contributed by atoms with van der Waals surface area (Å²) in [5.41, 5.74) is 2.87. The first kappa shape index (κ1) is 11.3. The largest absolute Gasteiger partial charge is 0.323 e. The topological polar surface area (TPSA) is 72.4 Å². The van der Waals surface area contributed by atoms with E-state index >= 15 is 0 Å². The molecule has 2 N–H and O–H groups in total. The molecule has 3 aromatic rings. The zero-order chi connectivity index (χ0) is 15.0. The summed E-state index contributed by atoms with van der Waals surface area (Å²) in [5.74, 6) is 0. The van der Waals surface area contributed by atoms with Gasteiger partial charge in [-0.05, 0) is 29.3 Å². The fourth-order valence-electron chi connectivity index (χ4n) is 2.22. The van der Waals surface area contributed by atoms with Crippen molar-refractivity contribution in [1.29, 1.82) is 5.26 Å². The van der Waals surface area contributed by atoms with Crippen LogP contribution in [0.25, 0.3) is 22.2 Å². The second-order valence-electron chi connectivity index (χ2n) is 4.36. The van der Waals surface area contributed by atoms with E-state index < -0.39 is 0 Å². The highest BCUT2D eigenvalue weighted by Gasteiger charge is 2.10. The summed E-state index contributed by atoms with van der Waals surface area (Å²) in [6.07, 6.45) is 0.205. The number of nitrogens with zero attached hydrogens (tertiary/aromatic N) is 1. The Labute approximate surface area is 121 Å². The van der Waals surface area contributed by atoms with Crippen LogP contribution in [0.15, 0.2) is 41.2 Å². The summed E-state index contributed by atoms with van der Waals surface area (Å²) in [5, 5.41) is 9.41. The molecule has 20 heavy (non-hydrogen) atoms. The molecule has 1 aromatic heterocycles. The standard InChI is InChI=1S/C15H10ClN3O/c16-11-3-1-2-9(6-7-17)14(11)10-4-5-12-13(8-10)19-15(20)18-12/h1-5,8H,6H2,(H2,18,19,20)/i4T. The van der Waals surface area contributed by atoms with E-state index in [2.05, 4.69) is 16.0 Å². The van der Waals surface area contributed by atoms with Crippen LogP contribution in [0.2, 0.25) is 5.02 Å². The third kappa shape index (κ3) is 2.09. The van der Waals surface area contributed by atoms with Crippen molar-refractivity contribution < 1.29 is 1.37 Å². The van der Waals surface area contributed by atoms with Gasteiger partial charge in [-0.1, -0.05) is 29.8 Å². The Balaban J connectivity index is 2.32. The van der Waals surface area contributed by atoms with Crippen LogP contribution in [-0.2, 0) is 6.42 Å². The van der Waals surface area contributed by atoms with Gasteiger partial charge in [-0.25, -0.2) is 4.79 Å². The lowest BCUT2D eigenvalue weighted by atomic mass is 9.97. The average Bonchev–Trinajstić information content (AvgIpc) is 2.78. The van der Waals surface area contributed by atoms with E-state index in [-0.39, 0.29) is 18.2 Å².